The molecule has 0 atom stereocenters. The van der Waals surface area contributed by atoms with Crippen LogP contribution in [0.25, 0.3) is 27.6 Å². The molecule has 2 aromatic carbocycles. The van der Waals surface area contributed by atoms with Crippen molar-refractivity contribution in [2.24, 2.45) is 5.73 Å². The number of imidazole rings is 1. The molecule has 7 nitrogen and oxygen atoms in total. The lowest BCUT2D eigenvalue weighted by Crippen LogP contribution is -2.36. The number of carbonyl (C=O) groups excluding carboxylic acids is 1. The summed E-state index contributed by atoms with van der Waals surface area (Å²) in [7, 11) is 0. The van der Waals surface area contributed by atoms with Crippen LogP contribution in [0.15, 0.2) is 42.6 Å². The topological polar surface area (TPSA) is 86.3 Å². The molecule has 1 saturated heterocycles. The van der Waals surface area contributed by atoms with E-state index in [9.17, 15) is 4.79 Å². The van der Waals surface area contributed by atoms with Gasteiger partial charge in [0.25, 0.3) is 5.91 Å². The van der Waals surface area contributed by atoms with Gasteiger partial charge in [0.2, 0.25) is 0 Å². The Bertz CT molecular complexity index is 1290. The molecule has 0 unspecified atom stereocenters. The molecular weight excluding hydrogens is 402 g/mol. The Morgan fingerprint density at radius 2 is 1.93 bits per heavy atom. The molecule has 0 aliphatic carbocycles. The molecule has 0 bridgehead atoms. The van der Waals surface area contributed by atoms with Gasteiger partial charge in [-0.2, -0.15) is 0 Å². The number of carbonyl (C=O) groups is 1. The van der Waals surface area contributed by atoms with E-state index in [2.05, 4.69) is 20.9 Å². The van der Waals surface area contributed by atoms with Crippen molar-refractivity contribution in [2.45, 2.75) is 6.92 Å². The number of pyridine rings is 1. The summed E-state index contributed by atoms with van der Waals surface area (Å²) in [6, 6.07) is 11.5. The SMILES string of the molecule is Cc1nc2c(C(N)=O)cc(N3CCOCC3)cc2n1-c1cnc2cc(Cl)ccc2c1. The van der Waals surface area contributed by atoms with Gasteiger partial charge in [-0.05, 0) is 37.3 Å². The standard InChI is InChI=1S/C22H20ClN5O2/c1-13-26-21-18(22(24)29)10-16(27-4-6-30-7-5-27)11-20(21)28(13)17-8-14-2-3-15(23)9-19(14)25-12-17/h2-3,8-12H,4-7H2,1H3,(H2,24,29). The number of rotatable bonds is 3. The minimum Gasteiger partial charge on any atom is -0.378 e. The quantitative estimate of drug-likeness (QED) is 0.547. The number of nitrogens with zero attached hydrogens (tertiary/aromatic N) is 4. The lowest BCUT2D eigenvalue weighted by molar-refractivity contribution is 0.100. The van der Waals surface area contributed by atoms with Crippen LogP contribution < -0.4 is 10.6 Å². The molecule has 1 aliphatic heterocycles. The summed E-state index contributed by atoms with van der Waals surface area (Å²) in [6.07, 6.45) is 1.79. The number of amides is 1. The fraction of sp³-hybridized carbons (Fsp3) is 0.227. The average molecular weight is 422 g/mol. The molecule has 3 heterocycles. The first-order chi connectivity index (χ1) is 14.5. The van der Waals surface area contributed by atoms with E-state index in [0.29, 0.717) is 29.3 Å². The normalized spacial score (nSPS) is 14.5. The van der Waals surface area contributed by atoms with Gasteiger partial charge in [-0.3, -0.25) is 14.3 Å². The molecule has 2 N–H and O–H groups in total. The van der Waals surface area contributed by atoms with Gasteiger partial charge in [0.1, 0.15) is 11.3 Å². The smallest absolute Gasteiger partial charge is 0.251 e. The van der Waals surface area contributed by atoms with Crippen LogP contribution in [0.4, 0.5) is 5.69 Å². The number of anilines is 1. The average Bonchev–Trinajstić information content (AvgIpc) is 3.08. The summed E-state index contributed by atoms with van der Waals surface area (Å²) < 4.78 is 7.47. The molecule has 0 radical (unpaired) electrons. The second-order valence-electron chi connectivity index (χ2n) is 7.35. The number of morpholine rings is 1. The number of aryl methyl sites for hydroxylation is 1. The van der Waals surface area contributed by atoms with Gasteiger partial charge in [0.15, 0.2) is 0 Å². The molecule has 30 heavy (non-hydrogen) atoms. The summed E-state index contributed by atoms with van der Waals surface area (Å²) in [5.41, 5.74) is 10.1. The van der Waals surface area contributed by atoms with E-state index in [4.69, 9.17) is 22.1 Å². The van der Waals surface area contributed by atoms with Crippen LogP contribution in [0.1, 0.15) is 16.2 Å². The lowest BCUT2D eigenvalue weighted by Gasteiger charge is -2.29. The zero-order valence-corrected chi connectivity index (χ0v) is 17.2. The van der Waals surface area contributed by atoms with Gasteiger partial charge >= 0.3 is 0 Å². The lowest BCUT2D eigenvalue weighted by atomic mass is 10.1. The number of aromatic nitrogens is 3. The predicted octanol–water partition coefficient (Wildman–Crippen LogP) is 3.47. The largest absolute Gasteiger partial charge is 0.378 e. The molecule has 8 heteroatoms. The number of nitrogens with two attached hydrogens (primary N) is 1. The maximum atomic E-state index is 12.2. The highest BCUT2D eigenvalue weighted by Gasteiger charge is 2.20. The van der Waals surface area contributed by atoms with Crippen molar-refractivity contribution in [3.05, 3.63) is 59.0 Å². The molecule has 1 aliphatic rings. The number of primary amides is 1. The zero-order chi connectivity index (χ0) is 20.8. The molecule has 1 fully saturated rings. The van der Waals surface area contributed by atoms with E-state index in [-0.39, 0.29) is 0 Å². The van der Waals surface area contributed by atoms with Crippen LogP contribution in [0.2, 0.25) is 5.02 Å². The Balaban J connectivity index is 1.73. The summed E-state index contributed by atoms with van der Waals surface area (Å²) in [4.78, 5) is 23.6. The Kier molecular flexibility index (Phi) is 4.56. The van der Waals surface area contributed by atoms with E-state index < -0.39 is 5.91 Å². The number of fused-ring (bicyclic) bond motifs is 2. The molecule has 4 aromatic rings. The van der Waals surface area contributed by atoms with E-state index >= 15 is 0 Å². The van der Waals surface area contributed by atoms with Crippen LogP contribution in [0, 0.1) is 6.92 Å². The molecule has 2 aromatic heterocycles. The molecule has 0 saturated carbocycles. The minimum atomic E-state index is -0.494. The van der Waals surface area contributed by atoms with E-state index in [0.717, 1.165) is 46.7 Å². The molecule has 1 amide bonds. The third-order valence-electron chi connectivity index (χ3n) is 5.44. The fourth-order valence-corrected chi connectivity index (χ4v) is 4.17. The first-order valence-corrected chi connectivity index (χ1v) is 10.1. The first-order valence-electron chi connectivity index (χ1n) is 9.72. The Labute approximate surface area is 178 Å². The van der Waals surface area contributed by atoms with Gasteiger partial charge in [0.05, 0.1) is 41.7 Å². The number of ether oxygens (including phenoxy) is 1. The van der Waals surface area contributed by atoms with E-state index in [1.165, 1.54) is 0 Å². The van der Waals surface area contributed by atoms with E-state index in [1.54, 1.807) is 6.20 Å². The number of benzene rings is 2. The van der Waals surface area contributed by atoms with Gasteiger partial charge in [-0.15, -0.1) is 0 Å². The van der Waals surface area contributed by atoms with Crippen molar-refractivity contribution in [1.29, 1.82) is 0 Å². The predicted molar refractivity (Wildman–Crippen MR) is 118 cm³/mol. The number of halogens is 1. The highest BCUT2D eigenvalue weighted by atomic mass is 35.5. The Hall–Kier alpha value is -3.16. The van der Waals surface area contributed by atoms with Crippen molar-refractivity contribution in [2.75, 3.05) is 31.2 Å². The van der Waals surface area contributed by atoms with Gasteiger partial charge in [-0.1, -0.05) is 17.7 Å². The van der Waals surface area contributed by atoms with Crippen molar-refractivity contribution in [3.63, 3.8) is 0 Å². The van der Waals surface area contributed by atoms with Gasteiger partial charge in [-0.25, -0.2) is 4.98 Å². The van der Waals surface area contributed by atoms with Crippen molar-refractivity contribution in [1.82, 2.24) is 14.5 Å². The van der Waals surface area contributed by atoms with Crippen LogP contribution >= 0.6 is 11.6 Å². The molecule has 5 rings (SSSR count). The summed E-state index contributed by atoms with van der Waals surface area (Å²) in [5.74, 6) is 0.257. The zero-order valence-electron chi connectivity index (χ0n) is 16.4. The first kappa shape index (κ1) is 18.8. The fourth-order valence-electron chi connectivity index (χ4n) is 4.00. The van der Waals surface area contributed by atoms with Crippen molar-refractivity contribution < 1.29 is 9.53 Å². The van der Waals surface area contributed by atoms with Crippen LogP contribution in [-0.4, -0.2) is 46.7 Å². The third kappa shape index (κ3) is 3.16. The minimum absolute atomic E-state index is 0.413. The van der Waals surface area contributed by atoms with Crippen LogP contribution in [0.3, 0.4) is 0 Å². The molecule has 0 spiro atoms. The maximum Gasteiger partial charge on any atom is 0.251 e. The molecular formula is C22H20ClN5O2. The monoisotopic (exact) mass is 421 g/mol. The van der Waals surface area contributed by atoms with Gasteiger partial charge in [0, 0.05) is 29.2 Å². The van der Waals surface area contributed by atoms with Crippen LogP contribution in [0.5, 0.6) is 0 Å². The summed E-state index contributed by atoms with van der Waals surface area (Å²) in [5, 5.41) is 1.62. The number of hydrogen-bond acceptors (Lipinski definition) is 5. The maximum absolute atomic E-state index is 12.2. The molecule has 152 valence electrons. The van der Waals surface area contributed by atoms with Crippen LogP contribution in [-0.2, 0) is 4.74 Å². The summed E-state index contributed by atoms with van der Waals surface area (Å²) >= 11 is 6.09. The number of hydrogen-bond donors (Lipinski definition) is 1. The van der Waals surface area contributed by atoms with E-state index in [1.807, 2.05) is 41.8 Å². The third-order valence-corrected chi connectivity index (χ3v) is 5.68. The van der Waals surface area contributed by atoms with Crippen molar-refractivity contribution >= 4 is 45.1 Å². The van der Waals surface area contributed by atoms with Crippen molar-refractivity contribution in [3.8, 4) is 5.69 Å². The Morgan fingerprint density at radius 1 is 1.13 bits per heavy atom. The second kappa shape index (κ2) is 7.27. The second-order valence-corrected chi connectivity index (χ2v) is 7.79. The van der Waals surface area contributed by atoms with Gasteiger partial charge < -0.3 is 15.4 Å². The summed E-state index contributed by atoms with van der Waals surface area (Å²) in [6.45, 7) is 4.73. The Morgan fingerprint density at radius 3 is 2.70 bits per heavy atom. The highest BCUT2D eigenvalue weighted by molar-refractivity contribution is 6.31. The highest BCUT2D eigenvalue weighted by Crippen LogP contribution is 2.30.